The Morgan fingerprint density at radius 2 is 2.00 bits per heavy atom. The Morgan fingerprint density at radius 1 is 1.17 bits per heavy atom. The number of nitrogens with zero attached hydrogens (tertiary/aromatic N) is 3. The van der Waals surface area contributed by atoms with Crippen molar-refractivity contribution in [2.75, 3.05) is 6.54 Å². The molecule has 0 unspecified atom stereocenters. The highest BCUT2D eigenvalue weighted by Crippen LogP contribution is 2.26. The first-order chi connectivity index (χ1) is 11.7. The van der Waals surface area contributed by atoms with E-state index >= 15 is 0 Å². The molecule has 0 radical (unpaired) electrons. The molecule has 0 saturated heterocycles. The number of pyridine rings is 1. The first-order valence-electron chi connectivity index (χ1n) is 7.65. The summed E-state index contributed by atoms with van der Waals surface area (Å²) in [6.45, 7) is 1.06. The minimum absolute atomic E-state index is 0.00965. The third-order valence-electron chi connectivity index (χ3n) is 3.98. The first-order valence-corrected chi connectivity index (χ1v) is 8.03. The van der Waals surface area contributed by atoms with Gasteiger partial charge in [0.15, 0.2) is 0 Å². The lowest BCUT2D eigenvalue weighted by atomic mass is 10.1. The van der Waals surface area contributed by atoms with Crippen molar-refractivity contribution in [2.24, 2.45) is 0 Å². The van der Waals surface area contributed by atoms with Crippen LogP contribution in [0.3, 0.4) is 0 Å². The number of rotatable bonds is 2. The maximum atomic E-state index is 12.6. The van der Waals surface area contributed by atoms with E-state index in [-0.39, 0.29) is 5.91 Å². The Hall–Kier alpha value is -2.66. The SMILES string of the molecule is O=C(c1ccccc1)N1CCc2oc(-c3ccc(Cl)cn3)nc2C1. The first kappa shape index (κ1) is 14.9. The largest absolute Gasteiger partial charge is 0.439 e. The fourth-order valence-corrected chi connectivity index (χ4v) is 2.86. The molecular weight excluding hydrogens is 326 g/mol. The van der Waals surface area contributed by atoms with Crippen LogP contribution in [0, 0.1) is 0 Å². The second-order valence-electron chi connectivity index (χ2n) is 5.59. The van der Waals surface area contributed by atoms with Gasteiger partial charge in [0.2, 0.25) is 5.89 Å². The molecule has 6 heteroatoms. The highest BCUT2D eigenvalue weighted by Gasteiger charge is 2.26. The van der Waals surface area contributed by atoms with Gasteiger partial charge in [-0.15, -0.1) is 0 Å². The third kappa shape index (κ3) is 2.78. The summed E-state index contributed by atoms with van der Waals surface area (Å²) >= 11 is 5.85. The van der Waals surface area contributed by atoms with Crippen LogP contribution in [-0.4, -0.2) is 27.3 Å². The summed E-state index contributed by atoms with van der Waals surface area (Å²) in [6.07, 6.45) is 2.21. The Labute approximate surface area is 143 Å². The lowest BCUT2D eigenvalue weighted by Gasteiger charge is -2.25. The number of amides is 1. The molecule has 5 nitrogen and oxygen atoms in total. The molecule has 1 aliphatic rings. The number of fused-ring (bicyclic) bond motifs is 1. The maximum Gasteiger partial charge on any atom is 0.254 e. The van der Waals surface area contributed by atoms with Gasteiger partial charge in [-0.05, 0) is 24.3 Å². The molecule has 0 N–H and O–H groups in total. The van der Waals surface area contributed by atoms with Gasteiger partial charge < -0.3 is 9.32 Å². The van der Waals surface area contributed by atoms with Crippen molar-refractivity contribution in [1.82, 2.24) is 14.9 Å². The molecule has 0 saturated carbocycles. The normalized spacial score (nSPS) is 13.6. The van der Waals surface area contributed by atoms with E-state index in [0.29, 0.717) is 41.7 Å². The van der Waals surface area contributed by atoms with Crippen molar-refractivity contribution in [1.29, 1.82) is 0 Å². The quantitative estimate of drug-likeness (QED) is 0.716. The lowest BCUT2D eigenvalue weighted by Crippen LogP contribution is -2.35. The highest BCUT2D eigenvalue weighted by molar-refractivity contribution is 6.30. The van der Waals surface area contributed by atoms with E-state index in [2.05, 4.69) is 9.97 Å². The van der Waals surface area contributed by atoms with Crippen LogP contribution in [0.15, 0.2) is 53.1 Å². The van der Waals surface area contributed by atoms with Crippen molar-refractivity contribution < 1.29 is 9.21 Å². The lowest BCUT2D eigenvalue weighted by molar-refractivity contribution is 0.0728. The molecule has 24 heavy (non-hydrogen) atoms. The number of hydrogen-bond acceptors (Lipinski definition) is 4. The number of benzene rings is 1. The van der Waals surface area contributed by atoms with Gasteiger partial charge in [0.25, 0.3) is 5.91 Å². The number of halogens is 1. The van der Waals surface area contributed by atoms with Crippen LogP contribution < -0.4 is 0 Å². The standard InChI is InChI=1S/C18H14ClN3O2/c19-13-6-7-14(20-10-13)17-21-15-11-22(9-8-16(15)24-17)18(23)12-4-2-1-3-5-12/h1-7,10H,8-9,11H2. The van der Waals surface area contributed by atoms with E-state index in [0.717, 1.165) is 11.5 Å². The van der Waals surface area contributed by atoms with Crippen molar-refractivity contribution >= 4 is 17.5 Å². The average Bonchev–Trinajstić information content (AvgIpc) is 3.05. The van der Waals surface area contributed by atoms with Crippen molar-refractivity contribution in [3.63, 3.8) is 0 Å². The summed E-state index contributed by atoms with van der Waals surface area (Å²) in [4.78, 5) is 23.1. The molecule has 1 aromatic carbocycles. The average molecular weight is 340 g/mol. The van der Waals surface area contributed by atoms with E-state index in [9.17, 15) is 4.79 Å². The molecule has 1 aliphatic heterocycles. The number of oxazole rings is 1. The molecule has 0 atom stereocenters. The minimum atomic E-state index is 0.00965. The van der Waals surface area contributed by atoms with Gasteiger partial charge in [0.1, 0.15) is 17.1 Å². The molecule has 3 aromatic rings. The van der Waals surface area contributed by atoms with Crippen LogP contribution in [0.25, 0.3) is 11.6 Å². The second-order valence-corrected chi connectivity index (χ2v) is 6.03. The van der Waals surface area contributed by atoms with Crippen LogP contribution in [0.5, 0.6) is 0 Å². The Kier molecular flexibility index (Phi) is 3.78. The van der Waals surface area contributed by atoms with Gasteiger partial charge in [0, 0.05) is 24.7 Å². The Bertz CT molecular complexity index is 875. The van der Waals surface area contributed by atoms with Crippen molar-refractivity contribution in [2.45, 2.75) is 13.0 Å². The van der Waals surface area contributed by atoms with Gasteiger partial charge in [-0.25, -0.2) is 9.97 Å². The summed E-state index contributed by atoms with van der Waals surface area (Å²) in [5.41, 5.74) is 2.11. The summed E-state index contributed by atoms with van der Waals surface area (Å²) in [7, 11) is 0. The molecule has 1 amide bonds. The number of hydrogen-bond donors (Lipinski definition) is 0. The van der Waals surface area contributed by atoms with Gasteiger partial charge in [0.05, 0.1) is 11.6 Å². The molecular formula is C18H14ClN3O2. The molecule has 3 heterocycles. The van der Waals surface area contributed by atoms with E-state index in [1.54, 1.807) is 23.2 Å². The minimum Gasteiger partial charge on any atom is -0.439 e. The van der Waals surface area contributed by atoms with Crippen LogP contribution in [0.4, 0.5) is 0 Å². The molecule has 4 rings (SSSR count). The van der Waals surface area contributed by atoms with Gasteiger partial charge in [-0.2, -0.15) is 0 Å². The Balaban J connectivity index is 1.57. The maximum absolute atomic E-state index is 12.6. The van der Waals surface area contributed by atoms with Crippen molar-refractivity contribution in [3.05, 3.63) is 70.7 Å². The monoisotopic (exact) mass is 339 g/mol. The molecule has 0 bridgehead atoms. The van der Waals surface area contributed by atoms with E-state index < -0.39 is 0 Å². The summed E-state index contributed by atoms with van der Waals surface area (Å²) in [5.74, 6) is 1.29. The molecule has 0 aliphatic carbocycles. The molecule has 0 fully saturated rings. The van der Waals surface area contributed by atoms with Crippen molar-refractivity contribution in [3.8, 4) is 11.6 Å². The van der Waals surface area contributed by atoms with Crippen LogP contribution in [-0.2, 0) is 13.0 Å². The Morgan fingerprint density at radius 3 is 2.75 bits per heavy atom. The fraction of sp³-hybridized carbons (Fsp3) is 0.167. The van der Waals surface area contributed by atoms with Crippen LogP contribution in [0.1, 0.15) is 21.8 Å². The molecule has 2 aromatic heterocycles. The zero-order chi connectivity index (χ0) is 16.5. The summed E-state index contributed by atoms with van der Waals surface area (Å²) < 4.78 is 5.81. The molecule has 0 spiro atoms. The van der Waals surface area contributed by atoms with Crippen LogP contribution >= 0.6 is 11.6 Å². The van der Waals surface area contributed by atoms with E-state index in [1.165, 1.54) is 0 Å². The molecule has 120 valence electrons. The third-order valence-corrected chi connectivity index (χ3v) is 4.21. The fourth-order valence-electron chi connectivity index (χ4n) is 2.75. The number of carbonyl (C=O) groups excluding carboxylic acids is 1. The van der Waals surface area contributed by atoms with Gasteiger partial charge in [-0.3, -0.25) is 4.79 Å². The second kappa shape index (κ2) is 6.09. The van der Waals surface area contributed by atoms with Gasteiger partial charge in [-0.1, -0.05) is 29.8 Å². The zero-order valence-electron chi connectivity index (χ0n) is 12.8. The topological polar surface area (TPSA) is 59.2 Å². The smallest absolute Gasteiger partial charge is 0.254 e. The van der Waals surface area contributed by atoms with E-state index in [4.69, 9.17) is 16.0 Å². The zero-order valence-corrected chi connectivity index (χ0v) is 13.5. The summed E-state index contributed by atoms with van der Waals surface area (Å²) in [6, 6.07) is 12.8. The summed E-state index contributed by atoms with van der Waals surface area (Å²) in [5, 5.41) is 0.565. The predicted octanol–water partition coefficient (Wildman–Crippen LogP) is 3.59. The van der Waals surface area contributed by atoms with E-state index in [1.807, 2.05) is 30.3 Å². The predicted molar refractivity (Wildman–Crippen MR) is 89.6 cm³/mol. The van der Waals surface area contributed by atoms with Gasteiger partial charge >= 0.3 is 0 Å². The van der Waals surface area contributed by atoms with Crippen LogP contribution in [0.2, 0.25) is 5.02 Å². The highest BCUT2D eigenvalue weighted by atomic mass is 35.5. The number of aromatic nitrogens is 2. The number of carbonyl (C=O) groups is 1.